The predicted molar refractivity (Wildman–Crippen MR) is 118 cm³/mol. The minimum atomic E-state index is -0.209. The molecule has 0 aliphatic carbocycles. The number of nitrogens with zero attached hydrogens (tertiary/aromatic N) is 3. The second-order valence-corrected chi connectivity index (χ2v) is 8.21. The van der Waals surface area contributed by atoms with Crippen LogP contribution in [0.2, 0.25) is 10.0 Å². The van der Waals surface area contributed by atoms with Gasteiger partial charge in [-0.3, -0.25) is 9.20 Å². The molecule has 0 saturated heterocycles. The molecule has 0 aliphatic rings. The Balaban J connectivity index is 1.67. The normalized spacial score (nSPS) is 11.0. The highest BCUT2D eigenvalue weighted by atomic mass is 35.5. The zero-order chi connectivity index (χ0) is 20.5. The Morgan fingerprint density at radius 3 is 2.83 bits per heavy atom. The Morgan fingerprint density at radius 2 is 2.03 bits per heavy atom. The van der Waals surface area contributed by atoms with Crippen LogP contribution in [0.4, 0.5) is 5.69 Å². The summed E-state index contributed by atoms with van der Waals surface area (Å²) in [6, 6.07) is 16.7. The molecule has 0 fully saturated rings. The van der Waals surface area contributed by atoms with Gasteiger partial charge in [0, 0.05) is 5.02 Å². The topological polar surface area (TPSA) is 70.2 Å². The number of fused-ring (bicyclic) bond motifs is 3. The number of aromatic nitrogens is 2. The molecule has 0 radical (unpaired) electrons. The summed E-state index contributed by atoms with van der Waals surface area (Å²) >= 11 is 13.5. The van der Waals surface area contributed by atoms with Gasteiger partial charge >= 0.3 is 0 Å². The molecule has 2 aromatic carbocycles. The number of benzene rings is 2. The van der Waals surface area contributed by atoms with Crippen LogP contribution in [-0.4, -0.2) is 21.0 Å². The molecule has 0 aliphatic heterocycles. The summed E-state index contributed by atoms with van der Waals surface area (Å²) in [5.74, 6) is -0.0470. The van der Waals surface area contributed by atoms with Crippen LogP contribution < -0.4 is 5.32 Å². The van der Waals surface area contributed by atoms with Crippen molar-refractivity contribution < 1.29 is 4.79 Å². The molecule has 1 amide bonds. The summed E-state index contributed by atoms with van der Waals surface area (Å²) in [5.41, 5.74) is 4.09. The van der Waals surface area contributed by atoms with Crippen molar-refractivity contribution in [2.75, 3.05) is 11.1 Å². The Hall–Kier alpha value is -2.72. The van der Waals surface area contributed by atoms with Gasteiger partial charge in [0.25, 0.3) is 0 Å². The number of hydrogen-bond acceptors (Lipinski definition) is 4. The van der Waals surface area contributed by atoms with Crippen LogP contribution in [0, 0.1) is 18.3 Å². The molecule has 0 atom stereocenters. The zero-order valence-corrected chi connectivity index (χ0v) is 17.6. The van der Waals surface area contributed by atoms with E-state index >= 15 is 0 Å². The highest BCUT2D eigenvalue weighted by molar-refractivity contribution is 7.99. The lowest BCUT2D eigenvalue weighted by Gasteiger charge is -2.11. The van der Waals surface area contributed by atoms with Crippen molar-refractivity contribution in [3.05, 3.63) is 69.7 Å². The molecule has 1 N–H and O–H groups in total. The number of carbonyl (C=O) groups excluding carboxylic acids is 1. The summed E-state index contributed by atoms with van der Waals surface area (Å²) in [5, 5.41) is 14.1. The first-order chi connectivity index (χ1) is 14.0. The Labute approximate surface area is 181 Å². The van der Waals surface area contributed by atoms with Gasteiger partial charge in [0.05, 0.1) is 38.1 Å². The van der Waals surface area contributed by atoms with E-state index in [1.807, 2.05) is 41.7 Å². The van der Waals surface area contributed by atoms with Crippen molar-refractivity contribution in [3.63, 3.8) is 0 Å². The fourth-order valence-electron chi connectivity index (χ4n) is 3.08. The van der Waals surface area contributed by atoms with Crippen LogP contribution in [0.3, 0.4) is 0 Å². The molecule has 4 rings (SSSR count). The van der Waals surface area contributed by atoms with Crippen molar-refractivity contribution in [1.29, 1.82) is 5.26 Å². The maximum Gasteiger partial charge on any atom is 0.234 e. The molecular weight excluding hydrogens is 427 g/mol. The van der Waals surface area contributed by atoms with E-state index in [4.69, 9.17) is 23.2 Å². The van der Waals surface area contributed by atoms with E-state index in [1.165, 1.54) is 11.8 Å². The van der Waals surface area contributed by atoms with Crippen LogP contribution in [0.1, 0.15) is 11.1 Å². The van der Waals surface area contributed by atoms with Crippen molar-refractivity contribution in [2.24, 2.45) is 0 Å². The summed E-state index contributed by atoms with van der Waals surface area (Å²) in [6.07, 6.45) is 0. The highest BCUT2D eigenvalue weighted by Gasteiger charge is 2.16. The van der Waals surface area contributed by atoms with E-state index < -0.39 is 0 Å². The molecule has 0 unspecified atom stereocenters. The third kappa shape index (κ3) is 3.77. The van der Waals surface area contributed by atoms with E-state index in [0.29, 0.717) is 26.9 Å². The number of carbonyl (C=O) groups is 1. The Kier molecular flexibility index (Phi) is 5.37. The average molecular weight is 441 g/mol. The number of aryl methyl sites for hydroxylation is 1. The second-order valence-electron chi connectivity index (χ2n) is 6.37. The molecule has 0 bridgehead atoms. The SMILES string of the molecule is Cc1cc(SCC(=O)Nc2cc(Cl)ccc2Cl)n2c(nc3ccccc32)c1C#N. The van der Waals surface area contributed by atoms with Gasteiger partial charge in [0.1, 0.15) is 6.07 Å². The number of rotatable bonds is 4. The van der Waals surface area contributed by atoms with Crippen LogP contribution in [-0.2, 0) is 4.79 Å². The molecule has 4 aromatic rings. The maximum absolute atomic E-state index is 12.5. The largest absolute Gasteiger partial charge is 0.324 e. The first kappa shape index (κ1) is 19.6. The van der Waals surface area contributed by atoms with Gasteiger partial charge in [0.15, 0.2) is 5.65 Å². The molecular formula is C21H14Cl2N4OS. The van der Waals surface area contributed by atoms with Gasteiger partial charge in [-0.25, -0.2) is 4.98 Å². The van der Waals surface area contributed by atoms with Crippen molar-refractivity contribution in [2.45, 2.75) is 11.9 Å². The van der Waals surface area contributed by atoms with Gasteiger partial charge in [-0.2, -0.15) is 5.26 Å². The van der Waals surface area contributed by atoms with Crippen molar-refractivity contribution in [3.8, 4) is 6.07 Å². The number of thioether (sulfide) groups is 1. The number of halogens is 2. The van der Waals surface area contributed by atoms with Crippen molar-refractivity contribution in [1.82, 2.24) is 9.38 Å². The number of imidazole rings is 1. The Morgan fingerprint density at radius 1 is 1.24 bits per heavy atom. The van der Waals surface area contributed by atoms with Gasteiger partial charge < -0.3 is 5.32 Å². The Bertz CT molecular complexity index is 1310. The molecule has 0 saturated carbocycles. The molecule has 2 aromatic heterocycles. The number of nitriles is 1. The van der Waals surface area contributed by atoms with Gasteiger partial charge in [0.2, 0.25) is 5.91 Å². The van der Waals surface area contributed by atoms with Crippen molar-refractivity contribution >= 4 is 63.2 Å². The van der Waals surface area contributed by atoms with E-state index in [2.05, 4.69) is 16.4 Å². The molecule has 29 heavy (non-hydrogen) atoms. The summed E-state index contributed by atoms with van der Waals surface area (Å²) in [7, 11) is 0. The molecule has 8 heteroatoms. The predicted octanol–water partition coefficient (Wildman–Crippen LogP) is 5.71. The highest BCUT2D eigenvalue weighted by Crippen LogP contribution is 2.30. The standard InChI is InChI=1S/C21H14Cl2N4OS/c1-12-8-20(29-11-19(28)25-17-9-13(22)6-7-15(17)23)27-18-5-3-2-4-16(18)26-21(27)14(12)10-24/h2-9H,11H2,1H3,(H,25,28). The number of nitrogens with one attached hydrogen (secondary N) is 1. The minimum Gasteiger partial charge on any atom is -0.324 e. The van der Waals surface area contributed by atoms with Crippen LogP contribution in [0.15, 0.2) is 53.6 Å². The van der Waals surface area contributed by atoms with E-state index in [9.17, 15) is 10.1 Å². The smallest absolute Gasteiger partial charge is 0.234 e. The average Bonchev–Trinajstić information content (AvgIpc) is 3.08. The molecule has 144 valence electrons. The van der Waals surface area contributed by atoms with E-state index in [-0.39, 0.29) is 11.7 Å². The van der Waals surface area contributed by atoms with E-state index in [1.54, 1.807) is 18.2 Å². The summed E-state index contributed by atoms with van der Waals surface area (Å²) in [6.45, 7) is 1.87. The fourth-order valence-corrected chi connectivity index (χ4v) is 4.34. The number of para-hydroxylation sites is 2. The number of amides is 1. The van der Waals surface area contributed by atoms with Gasteiger partial charge in [-0.1, -0.05) is 47.1 Å². The zero-order valence-electron chi connectivity index (χ0n) is 15.2. The van der Waals surface area contributed by atoms with Gasteiger partial charge in [-0.15, -0.1) is 0 Å². The lowest BCUT2D eigenvalue weighted by atomic mass is 10.2. The molecule has 2 heterocycles. The number of anilines is 1. The van der Waals surface area contributed by atoms with Gasteiger partial charge in [-0.05, 0) is 48.9 Å². The van der Waals surface area contributed by atoms with Crippen LogP contribution >= 0.6 is 35.0 Å². The monoisotopic (exact) mass is 440 g/mol. The fraction of sp³-hybridized carbons (Fsp3) is 0.0952. The lowest BCUT2D eigenvalue weighted by molar-refractivity contribution is -0.113. The quantitative estimate of drug-likeness (QED) is 0.412. The summed E-state index contributed by atoms with van der Waals surface area (Å²) in [4.78, 5) is 17.1. The first-order valence-corrected chi connectivity index (χ1v) is 10.4. The third-order valence-electron chi connectivity index (χ3n) is 4.40. The van der Waals surface area contributed by atoms with E-state index in [0.717, 1.165) is 21.6 Å². The third-order valence-corrected chi connectivity index (χ3v) is 5.97. The number of pyridine rings is 1. The molecule has 0 spiro atoms. The minimum absolute atomic E-state index is 0.162. The van der Waals surface area contributed by atoms with Crippen LogP contribution in [0.25, 0.3) is 16.7 Å². The number of hydrogen-bond donors (Lipinski definition) is 1. The molecule has 5 nitrogen and oxygen atoms in total. The summed E-state index contributed by atoms with van der Waals surface area (Å²) < 4.78 is 1.92. The second kappa shape index (κ2) is 7.96. The maximum atomic E-state index is 12.5. The first-order valence-electron chi connectivity index (χ1n) is 8.66. The van der Waals surface area contributed by atoms with Crippen LogP contribution in [0.5, 0.6) is 0 Å². The lowest BCUT2D eigenvalue weighted by Crippen LogP contribution is -2.14.